The van der Waals surface area contributed by atoms with Gasteiger partial charge in [0.1, 0.15) is 11.6 Å². The fraction of sp³-hybridized carbons (Fsp3) is 0.385. The number of rotatable bonds is 3. The lowest BCUT2D eigenvalue weighted by Gasteiger charge is -2.37. The molecule has 2 aliphatic heterocycles. The van der Waals surface area contributed by atoms with Crippen LogP contribution in [0.1, 0.15) is 5.56 Å². The highest BCUT2D eigenvalue weighted by Gasteiger charge is 2.27. The summed E-state index contributed by atoms with van der Waals surface area (Å²) in [5.41, 5.74) is 5.53. The predicted octanol–water partition coefficient (Wildman–Crippen LogP) is 2.46. The lowest BCUT2D eigenvalue weighted by molar-refractivity contribution is 0.122. The number of nitrogens with zero attached hydrogens (tertiary/aromatic N) is 8. The minimum atomic E-state index is 0.00846. The largest absolute Gasteiger partial charge is 0.378 e. The van der Waals surface area contributed by atoms with Gasteiger partial charge in [0.25, 0.3) is 5.56 Å². The number of morpholine rings is 1. The van der Waals surface area contributed by atoms with Crippen LogP contribution in [0.5, 0.6) is 0 Å². The van der Waals surface area contributed by atoms with E-state index in [2.05, 4.69) is 32.9 Å². The molecule has 0 radical (unpaired) electrons. The molecular weight excluding hydrogens is 456 g/mol. The van der Waals surface area contributed by atoms with Crippen molar-refractivity contribution in [1.82, 2.24) is 24.3 Å². The zero-order chi connectivity index (χ0) is 25.0. The molecule has 1 saturated heterocycles. The zero-order valence-corrected chi connectivity index (χ0v) is 21.1. The van der Waals surface area contributed by atoms with Crippen molar-refractivity contribution in [3.05, 3.63) is 52.7 Å². The van der Waals surface area contributed by atoms with E-state index >= 15 is 0 Å². The third-order valence-corrected chi connectivity index (χ3v) is 7.18. The van der Waals surface area contributed by atoms with Crippen LogP contribution >= 0.6 is 0 Å². The molecule has 10 heteroatoms. The van der Waals surface area contributed by atoms with Crippen LogP contribution in [-0.4, -0.2) is 70.8 Å². The van der Waals surface area contributed by atoms with Crippen LogP contribution in [0.4, 0.5) is 23.0 Å². The SMILES string of the molecule is Cc1cc2c(N3CCN(C)c4cc(-c5cnn(C)c5)ncc43)nc(N3CCOCC3)cc2n(C)c1=O. The molecule has 4 aromatic heterocycles. The lowest BCUT2D eigenvalue weighted by atomic mass is 10.1. The van der Waals surface area contributed by atoms with E-state index in [9.17, 15) is 4.79 Å². The number of aromatic nitrogens is 5. The number of ether oxygens (including phenoxy) is 1. The Balaban J connectivity index is 1.54. The van der Waals surface area contributed by atoms with Gasteiger partial charge in [0.15, 0.2) is 0 Å². The van der Waals surface area contributed by atoms with Crippen molar-refractivity contribution in [2.75, 3.05) is 61.1 Å². The Morgan fingerprint density at radius 1 is 0.944 bits per heavy atom. The average Bonchev–Trinajstić information content (AvgIpc) is 3.34. The van der Waals surface area contributed by atoms with Gasteiger partial charge in [-0.3, -0.25) is 14.5 Å². The summed E-state index contributed by atoms with van der Waals surface area (Å²) in [5, 5.41) is 5.26. The number of fused-ring (bicyclic) bond motifs is 2. The minimum Gasteiger partial charge on any atom is -0.378 e. The third-order valence-electron chi connectivity index (χ3n) is 7.18. The van der Waals surface area contributed by atoms with Crippen LogP contribution in [0.25, 0.3) is 22.2 Å². The highest BCUT2D eigenvalue weighted by molar-refractivity contribution is 5.96. The summed E-state index contributed by atoms with van der Waals surface area (Å²) in [7, 11) is 5.85. The molecule has 0 saturated carbocycles. The number of anilines is 4. The molecule has 0 spiro atoms. The van der Waals surface area contributed by atoms with Gasteiger partial charge >= 0.3 is 0 Å². The number of likely N-dealkylation sites (N-methyl/N-ethyl adjacent to an activating group) is 1. The highest BCUT2D eigenvalue weighted by Crippen LogP contribution is 2.41. The van der Waals surface area contributed by atoms with Crippen LogP contribution in [0.2, 0.25) is 0 Å². The first-order chi connectivity index (χ1) is 17.4. The van der Waals surface area contributed by atoms with Gasteiger partial charge < -0.3 is 24.0 Å². The predicted molar refractivity (Wildman–Crippen MR) is 141 cm³/mol. The maximum Gasteiger partial charge on any atom is 0.253 e. The Morgan fingerprint density at radius 3 is 2.50 bits per heavy atom. The van der Waals surface area contributed by atoms with Crippen molar-refractivity contribution in [2.24, 2.45) is 14.1 Å². The first-order valence-electron chi connectivity index (χ1n) is 12.2. The summed E-state index contributed by atoms with van der Waals surface area (Å²) in [4.78, 5) is 29.6. The van der Waals surface area contributed by atoms with E-state index in [4.69, 9.17) is 14.7 Å². The van der Waals surface area contributed by atoms with E-state index in [0.717, 1.165) is 71.3 Å². The van der Waals surface area contributed by atoms with Gasteiger partial charge in [0.05, 0.1) is 48.2 Å². The van der Waals surface area contributed by atoms with Gasteiger partial charge in [-0.25, -0.2) is 4.98 Å². The van der Waals surface area contributed by atoms with Gasteiger partial charge in [-0.2, -0.15) is 5.10 Å². The smallest absolute Gasteiger partial charge is 0.253 e. The van der Waals surface area contributed by atoms with E-state index in [1.165, 1.54) is 0 Å². The van der Waals surface area contributed by atoms with Crippen molar-refractivity contribution in [1.29, 1.82) is 0 Å². The molecule has 10 nitrogen and oxygen atoms in total. The second kappa shape index (κ2) is 8.63. The molecule has 0 amide bonds. The normalized spacial score (nSPS) is 16.1. The molecule has 0 aromatic carbocycles. The van der Waals surface area contributed by atoms with Gasteiger partial charge in [0, 0.05) is 76.1 Å². The Morgan fingerprint density at radius 2 is 1.75 bits per heavy atom. The number of hydrogen-bond donors (Lipinski definition) is 0. The Hall–Kier alpha value is -3.92. The van der Waals surface area contributed by atoms with Crippen molar-refractivity contribution in [3.8, 4) is 11.3 Å². The van der Waals surface area contributed by atoms with E-state index in [1.54, 1.807) is 9.25 Å². The minimum absolute atomic E-state index is 0.00846. The molecule has 6 heterocycles. The molecule has 186 valence electrons. The zero-order valence-electron chi connectivity index (χ0n) is 21.1. The molecule has 2 aliphatic rings. The van der Waals surface area contributed by atoms with Crippen molar-refractivity contribution >= 4 is 33.9 Å². The summed E-state index contributed by atoms with van der Waals surface area (Å²) < 4.78 is 9.09. The summed E-state index contributed by atoms with van der Waals surface area (Å²) in [6.45, 7) is 6.33. The average molecular weight is 487 g/mol. The first-order valence-corrected chi connectivity index (χ1v) is 12.2. The number of hydrogen-bond acceptors (Lipinski definition) is 8. The van der Waals surface area contributed by atoms with E-state index < -0.39 is 0 Å². The number of aryl methyl sites for hydroxylation is 3. The first kappa shape index (κ1) is 22.5. The second-order valence-electron chi connectivity index (χ2n) is 9.56. The summed E-state index contributed by atoms with van der Waals surface area (Å²) in [6.07, 6.45) is 5.73. The Labute approximate surface area is 209 Å². The molecule has 0 bridgehead atoms. The van der Waals surface area contributed by atoms with Gasteiger partial charge in [-0.1, -0.05) is 0 Å². The monoisotopic (exact) mass is 486 g/mol. The molecule has 0 atom stereocenters. The van der Waals surface area contributed by atoms with Crippen molar-refractivity contribution in [3.63, 3.8) is 0 Å². The van der Waals surface area contributed by atoms with Crippen LogP contribution in [0.15, 0.2) is 41.6 Å². The highest BCUT2D eigenvalue weighted by atomic mass is 16.5. The second-order valence-corrected chi connectivity index (χ2v) is 9.56. The molecule has 6 rings (SSSR count). The fourth-order valence-electron chi connectivity index (χ4n) is 5.12. The van der Waals surface area contributed by atoms with E-state index in [0.29, 0.717) is 18.8 Å². The molecule has 4 aromatic rings. The van der Waals surface area contributed by atoms with Crippen LogP contribution in [-0.2, 0) is 18.8 Å². The van der Waals surface area contributed by atoms with E-state index in [-0.39, 0.29) is 5.56 Å². The van der Waals surface area contributed by atoms with Crippen LogP contribution in [0, 0.1) is 6.92 Å². The Bertz CT molecular complexity index is 1520. The molecular formula is C26H30N8O2. The van der Waals surface area contributed by atoms with Crippen molar-refractivity contribution < 1.29 is 4.74 Å². The Kier molecular flexibility index (Phi) is 5.40. The van der Waals surface area contributed by atoms with Crippen molar-refractivity contribution in [2.45, 2.75) is 6.92 Å². The molecule has 0 N–H and O–H groups in total. The van der Waals surface area contributed by atoms with Gasteiger partial charge in [0.2, 0.25) is 0 Å². The third kappa shape index (κ3) is 3.69. The number of pyridine rings is 3. The quantitative estimate of drug-likeness (QED) is 0.437. The maximum atomic E-state index is 12.8. The summed E-state index contributed by atoms with van der Waals surface area (Å²) in [6, 6.07) is 6.12. The molecule has 1 fully saturated rings. The van der Waals surface area contributed by atoms with Gasteiger partial charge in [-0.05, 0) is 19.1 Å². The fourth-order valence-corrected chi connectivity index (χ4v) is 5.12. The lowest BCUT2D eigenvalue weighted by Crippen LogP contribution is -2.39. The van der Waals surface area contributed by atoms with Gasteiger partial charge in [-0.15, -0.1) is 0 Å². The van der Waals surface area contributed by atoms with Crippen LogP contribution in [0.3, 0.4) is 0 Å². The standard InChI is InChI=1S/C26H30N8O2/c1-17-11-19-21(32(4)26(17)35)13-24(33-7-9-36-10-8-33)29-25(19)34-6-5-30(2)22-12-20(27-15-23(22)34)18-14-28-31(3)16-18/h11-16H,5-10H2,1-4H3. The van der Waals surface area contributed by atoms with Crippen LogP contribution < -0.4 is 20.3 Å². The summed E-state index contributed by atoms with van der Waals surface area (Å²) in [5.74, 6) is 1.71. The summed E-state index contributed by atoms with van der Waals surface area (Å²) >= 11 is 0. The van der Waals surface area contributed by atoms with E-state index in [1.807, 2.05) is 51.7 Å². The molecule has 0 aliphatic carbocycles. The topological polar surface area (TPSA) is 84.5 Å². The maximum absolute atomic E-state index is 12.8. The molecule has 0 unspecified atom stereocenters. The molecule has 36 heavy (non-hydrogen) atoms.